The van der Waals surface area contributed by atoms with Crippen LogP contribution in [0.15, 0.2) is 24.3 Å². The van der Waals surface area contributed by atoms with Crippen LogP contribution >= 0.6 is 0 Å². The number of Topliss-reactive ketones (excluding diaryl/α,β-unsaturated/α-hetero) is 1. The monoisotopic (exact) mass is 178 g/mol. The summed E-state index contributed by atoms with van der Waals surface area (Å²) in [5.41, 5.74) is 1.57. The minimum atomic E-state index is -1.29. The molecule has 1 aromatic carbocycles. The minimum absolute atomic E-state index is 0.340. The second-order valence-corrected chi connectivity index (χ2v) is 3.38. The molecule has 1 aliphatic rings. The molecule has 0 aromatic heterocycles. The summed E-state index contributed by atoms with van der Waals surface area (Å²) < 4.78 is 13.2. The van der Waals surface area contributed by atoms with Crippen LogP contribution in [0.3, 0.4) is 0 Å². The molecule has 0 saturated heterocycles. The first-order chi connectivity index (χ1) is 6.29. The molecule has 0 N–H and O–H groups in total. The summed E-state index contributed by atoms with van der Waals surface area (Å²) in [4.78, 5) is 11.5. The number of hydrogen-bond acceptors (Lipinski definition) is 1. The first-order valence-electron chi connectivity index (χ1n) is 4.55. The molecule has 0 spiro atoms. The fourth-order valence-electron chi connectivity index (χ4n) is 1.75. The van der Waals surface area contributed by atoms with Gasteiger partial charge in [-0.2, -0.15) is 0 Å². The number of aryl methyl sites for hydroxylation is 1. The molecule has 2 rings (SSSR count). The van der Waals surface area contributed by atoms with Gasteiger partial charge in [-0.1, -0.05) is 24.3 Å². The van der Waals surface area contributed by atoms with Crippen LogP contribution in [0.1, 0.15) is 28.8 Å². The van der Waals surface area contributed by atoms with Crippen LogP contribution in [0.4, 0.5) is 4.39 Å². The zero-order valence-corrected chi connectivity index (χ0v) is 7.29. The Kier molecular flexibility index (Phi) is 2.13. The fourth-order valence-corrected chi connectivity index (χ4v) is 1.75. The molecule has 0 heterocycles. The van der Waals surface area contributed by atoms with Gasteiger partial charge in [0.15, 0.2) is 12.0 Å². The van der Waals surface area contributed by atoms with E-state index in [4.69, 9.17) is 0 Å². The summed E-state index contributed by atoms with van der Waals surface area (Å²) in [6, 6.07) is 7.31. The van der Waals surface area contributed by atoms with E-state index in [9.17, 15) is 9.18 Å². The van der Waals surface area contributed by atoms with E-state index in [1.54, 1.807) is 12.1 Å². The van der Waals surface area contributed by atoms with Crippen LogP contribution in [-0.2, 0) is 6.42 Å². The summed E-state index contributed by atoms with van der Waals surface area (Å²) in [5.74, 6) is -0.340. The van der Waals surface area contributed by atoms with Gasteiger partial charge in [-0.05, 0) is 24.8 Å². The van der Waals surface area contributed by atoms with E-state index >= 15 is 0 Å². The van der Waals surface area contributed by atoms with E-state index in [1.165, 1.54) is 0 Å². The summed E-state index contributed by atoms with van der Waals surface area (Å²) in [5, 5.41) is 0. The molecule has 0 amide bonds. The molecular formula is C11H11FO. The second-order valence-electron chi connectivity index (χ2n) is 3.38. The third-order valence-electron chi connectivity index (χ3n) is 2.47. The number of fused-ring (bicyclic) bond motifs is 1. The summed E-state index contributed by atoms with van der Waals surface area (Å²) in [6.07, 6.45) is 0.670. The van der Waals surface area contributed by atoms with Crippen molar-refractivity contribution in [2.75, 3.05) is 0 Å². The van der Waals surface area contributed by atoms with Crippen LogP contribution in [0.5, 0.6) is 0 Å². The topological polar surface area (TPSA) is 17.1 Å². The van der Waals surface area contributed by atoms with Gasteiger partial charge in [-0.15, -0.1) is 0 Å². The Bertz CT molecular complexity index is 333. The summed E-state index contributed by atoms with van der Waals surface area (Å²) in [7, 11) is 0. The van der Waals surface area contributed by atoms with E-state index < -0.39 is 6.17 Å². The van der Waals surface area contributed by atoms with Crippen LogP contribution < -0.4 is 0 Å². The normalized spacial score (nSPS) is 22.2. The Hall–Kier alpha value is -1.18. The average molecular weight is 178 g/mol. The molecule has 0 unspecified atom stereocenters. The van der Waals surface area contributed by atoms with Crippen molar-refractivity contribution in [3.05, 3.63) is 35.4 Å². The molecule has 1 atom stereocenters. The van der Waals surface area contributed by atoms with Gasteiger partial charge in [-0.25, -0.2) is 4.39 Å². The molecule has 0 radical (unpaired) electrons. The van der Waals surface area contributed by atoms with Crippen molar-refractivity contribution in [2.45, 2.75) is 25.4 Å². The number of halogens is 1. The zero-order chi connectivity index (χ0) is 9.26. The highest BCUT2D eigenvalue weighted by Gasteiger charge is 2.24. The number of hydrogen-bond donors (Lipinski definition) is 0. The van der Waals surface area contributed by atoms with Gasteiger partial charge < -0.3 is 0 Å². The van der Waals surface area contributed by atoms with Gasteiger partial charge in [0.2, 0.25) is 0 Å². The van der Waals surface area contributed by atoms with E-state index in [0.717, 1.165) is 18.4 Å². The number of carbonyl (C=O) groups excluding carboxylic acids is 1. The number of alkyl halides is 1. The Morgan fingerprint density at radius 1 is 1.31 bits per heavy atom. The van der Waals surface area contributed by atoms with Gasteiger partial charge in [0.1, 0.15) is 0 Å². The highest BCUT2D eigenvalue weighted by atomic mass is 19.1. The van der Waals surface area contributed by atoms with E-state index in [1.807, 2.05) is 12.1 Å². The third kappa shape index (κ3) is 1.48. The lowest BCUT2D eigenvalue weighted by atomic mass is 10.0. The zero-order valence-electron chi connectivity index (χ0n) is 7.29. The van der Waals surface area contributed by atoms with E-state index in [0.29, 0.717) is 12.0 Å². The van der Waals surface area contributed by atoms with E-state index in [2.05, 4.69) is 0 Å². The first-order valence-corrected chi connectivity index (χ1v) is 4.55. The van der Waals surface area contributed by atoms with Crippen LogP contribution in [0.25, 0.3) is 0 Å². The predicted molar refractivity (Wildman–Crippen MR) is 48.6 cm³/mol. The van der Waals surface area contributed by atoms with Crippen molar-refractivity contribution >= 4 is 5.78 Å². The van der Waals surface area contributed by atoms with Gasteiger partial charge in [0.05, 0.1) is 0 Å². The van der Waals surface area contributed by atoms with Crippen molar-refractivity contribution in [2.24, 2.45) is 0 Å². The maximum Gasteiger partial charge on any atom is 0.197 e. The molecular weight excluding hydrogens is 167 g/mol. The Labute approximate surface area is 76.6 Å². The lowest BCUT2D eigenvalue weighted by Crippen LogP contribution is -2.14. The SMILES string of the molecule is O=C1c2ccccc2CCC[C@@H]1F. The lowest BCUT2D eigenvalue weighted by Gasteiger charge is -2.03. The molecule has 68 valence electrons. The first kappa shape index (κ1) is 8.42. The second kappa shape index (κ2) is 3.29. The van der Waals surface area contributed by atoms with Crippen LogP contribution in [-0.4, -0.2) is 12.0 Å². The van der Waals surface area contributed by atoms with Crippen molar-refractivity contribution in [3.63, 3.8) is 0 Å². The minimum Gasteiger partial charge on any atom is -0.291 e. The smallest absolute Gasteiger partial charge is 0.197 e. The summed E-state index contributed by atoms with van der Waals surface area (Å²) >= 11 is 0. The van der Waals surface area contributed by atoms with E-state index in [-0.39, 0.29) is 5.78 Å². The molecule has 0 fully saturated rings. The number of ketones is 1. The van der Waals surface area contributed by atoms with Crippen molar-refractivity contribution < 1.29 is 9.18 Å². The molecule has 2 heteroatoms. The quantitative estimate of drug-likeness (QED) is 0.558. The van der Waals surface area contributed by atoms with Crippen molar-refractivity contribution in [3.8, 4) is 0 Å². The highest BCUT2D eigenvalue weighted by molar-refractivity contribution is 6.00. The molecule has 0 saturated carbocycles. The number of rotatable bonds is 0. The van der Waals surface area contributed by atoms with Crippen LogP contribution in [0, 0.1) is 0 Å². The fraction of sp³-hybridized carbons (Fsp3) is 0.364. The maximum absolute atomic E-state index is 13.2. The largest absolute Gasteiger partial charge is 0.291 e. The highest BCUT2D eigenvalue weighted by Crippen LogP contribution is 2.21. The molecule has 13 heavy (non-hydrogen) atoms. The van der Waals surface area contributed by atoms with Gasteiger partial charge in [-0.3, -0.25) is 4.79 Å². The van der Waals surface area contributed by atoms with Crippen molar-refractivity contribution in [1.82, 2.24) is 0 Å². The molecule has 0 bridgehead atoms. The third-order valence-corrected chi connectivity index (χ3v) is 2.47. The van der Waals surface area contributed by atoms with Gasteiger partial charge >= 0.3 is 0 Å². The number of benzene rings is 1. The maximum atomic E-state index is 13.2. The summed E-state index contributed by atoms with van der Waals surface area (Å²) in [6.45, 7) is 0. The lowest BCUT2D eigenvalue weighted by molar-refractivity contribution is 0.0872. The molecule has 1 aromatic rings. The molecule has 1 nitrogen and oxygen atoms in total. The number of carbonyl (C=O) groups is 1. The molecule has 0 aliphatic heterocycles. The average Bonchev–Trinajstić information content (AvgIpc) is 2.29. The van der Waals surface area contributed by atoms with Crippen molar-refractivity contribution in [1.29, 1.82) is 0 Å². The standard InChI is InChI=1S/C11H11FO/c12-10-7-3-5-8-4-1-2-6-9(8)11(10)13/h1-2,4,6,10H,3,5,7H2/t10-/m0/s1. The Morgan fingerprint density at radius 2 is 2.08 bits per heavy atom. The Balaban J connectivity index is 2.46. The predicted octanol–water partition coefficient (Wildman–Crippen LogP) is 2.54. The Morgan fingerprint density at radius 3 is 2.92 bits per heavy atom. The van der Waals surface area contributed by atoms with Crippen LogP contribution in [0.2, 0.25) is 0 Å². The van der Waals surface area contributed by atoms with Gasteiger partial charge in [0.25, 0.3) is 0 Å². The molecule has 1 aliphatic carbocycles. The van der Waals surface area contributed by atoms with Gasteiger partial charge in [0, 0.05) is 5.56 Å².